The topological polar surface area (TPSA) is 63.8 Å². The number of rotatable bonds is 5. The van der Waals surface area contributed by atoms with Gasteiger partial charge >= 0.3 is 0 Å². The van der Waals surface area contributed by atoms with Gasteiger partial charge in [-0.2, -0.15) is 0 Å². The maximum atomic E-state index is 11.9. The fourth-order valence-corrected chi connectivity index (χ4v) is 6.22. The molecule has 0 aliphatic heterocycles. The first-order valence-corrected chi connectivity index (χ1v) is 16.4. The monoisotopic (exact) mass is 628 g/mol. The van der Waals surface area contributed by atoms with E-state index in [0.29, 0.717) is 11.5 Å². The predicted octanol–water partition coefficient (Wildman–Crippen LogP) is 10.8. The summed E-state index contributed by atoms with van der Waals surface area (Å²) in [6, 6.07) is 41.5. The van der Waals surface area contributed by atoms with Crippen LogP contribution in [-0.2, 0) is 10.8 Å². The van der Waals surface area contributed by atoms with E-state index in [-0.39, 0.29) is 16.6 Å². The van der Waals surface area contributed by atoms with Gasteiger partial charge < -0.3 is 5.11 Å². The third kappa shape index (κ3) is 5.77. The van der Waals surface area contributed by atoms with Crippen molar-refractivity contribution >= 4 is 11.0 Å². The van der Waals surface area contributed by atoms with Gasteiger partial charge in [-0.3, -0.25) is 9.55 Å². The highest BCUT2D eigenvalue weighted by atomic mass is 16.3. The van der Waals surface area contributed by atoms with Crippen molar-refractivity contribution in [3.05, 3.63) is 139 Å². The molecule has 5 heteroatoms. The molecule has 0 radical (unpaired) electrons. The van der Waals surface area contributed by atoms with Gasteiger partial charge in [0.2, 0.25) is 0 Å². The van der Waals surface area contributed by atoms with Crippen LogP contribution in [0.15, 0.2) is 128 Å². The van der Waals surface area contributed by atoms with Gasteiger partial charge in [0, 0.05) is 39.7 Å². The minimum Gasteiger partial charge on any atom is -0.505 e. The average Bonchev–Trinajstić information content (AvgIpc) is 3.48. The Bertz CT molecular complexity index is 2260. The normalized spacial score (nSPS) is 12.0. The lowest BCUT2D eigenvalue weighted by Gasteiger charge is -2.26. The first kappa shape index (κ1) is 31.1. The Hall–Kier alpha value is -5.55. The van der Waals surface area contributed by atoms with E-state index in [2.05, 4.69) is 131 Å². The Morgan fingerprint density at radius 3 is 1.96 bits per heavy atom. The van der Waals surface area contributed by atoms with Crippen molar-refractivity contribution in [2.45, 2.75) is 52.4 Å². The number of nitrogens with zero attached hydrogens (tertiary/aromatic N) is 4. The molecule has 0 saturated heterocycles. The summed E-state index contributed by atoms with van der Waals surface area (Å²) in [5.74, 6) is 0.766. The minimum atomic E-state index is -0.303. The molecule has 0 amide bonds. The molecular formula is C43H40N4O. The fraction of sp³-hybridized carbons (Fsp3) is 0.186. The van der Waals surface area contributed by atoms with Crippen LogP contribution in [0.25, 0.3) is 61.8 Å². The number of aromatic nitrogens is 4. The number of benzene rings is 4. The quantitative estimate of drug-likeness (QED) is 0.206. The molecule has 0 spiro atoms. The molecule has 48 heavy (non-hydrogen) atoms. The molecule has 3 heterocycles. The molecule has 7 aromatic rings. The first-order valence-electron chi connectivity index (χ1n) is 16.4. The van der Waals surface area contributed by atoms with Crippen LogP contribution in [-0.4, -0.2) is 24.6 Å². The van der Waals surface area contributed by atoms with E-state index < -0.39 is 0 Å². The van der Waals surface area contributed by atoms with E-state index in [4.69, 9.17) is 15.0 Å². The minimum absolute atomic E-state index is 0.163. The Morgan fingerprint density at radius 1 is 0.583 bits per heavy atom. The molecule has 1 N–H and O–H groups in total. The van der Waals surface area contributed by atoms with Crippen molar-refractivity contribution in [3.8, 4) is 56.5 Å². The molecule has 0 aliphatic carbocycles. The Kier molecular flexibility index (Phi) is 7.71. The van der Waals surface area contributed by atoms with Crippen LogP contribution in [0.3, 0.4) is 0 Å². The molecular weight excluding hydrogens is 589 g/mol. The highest BCUT2D eigenvalue weighted by molar-refractivity contribution is 5.96. The highest BCUT2D eigenvalue weighted by Gasteiger charge is 2.29. The fourth-order valence-electron chi connectivity index (χ4n) is 6.22. The summed E-state index contributed by atoms with van der Waals surface area (Å²) in [5.41, 5.74) is 10.7. The summed E-state index contributed by atoms with van der Waals surface area (Å²) in [7, 11) is 0. The Morgan fingerprint density at radius 2 is 1.25 bits per heavy atom. The van der Waals surface area contributed by atoms with Crippen molar-refractivity contribution < 1.29 is 5.11 Å². The molecule has 0 unspecified atom stereocenters. The van der Waals surface area contributed by atoms with Gasteiger partial charge in [0.05, 0.1) is 16.7 Å². The van der Waals surface area contributed by atoms with Crippen molar-refractivity contribution in [1.29, 1.82) is 0 Å². The molecule has 7 rings (SSSR count). The van der Waals surface area contributed by atoms with E-state index in [0.717, 1.165) is 61.5 Å². The van der Waals surface area contributed by atoms with Gasteiger partial charge in [-0.25, -0.2) is 9.97 Å². The van der Waals surface area contributed by atoms with Gasteiger partial charge in [0.25, 0.3) is 0 Å². The summed E-state index contributed by atoms with van der Waals surface area (Å²) >= 11 is 0. The van der Waals surface area contributed by atoms with Gasteiger partial charge in [-0.05, 0) is 64.6 Å². The number of para-hydroxylation sites is 2. The maximum Gasteiger partial charge on any atom is 0.168 e. The SMILES string of the molecule is CC(C)(C)c1cc(C(C)(C)C)c(O)c(-c2nc3c(-c4cccc(-c5cc(-c6ccccc6)ccn5)c4)cccc3n2-c2ccccc2)n1. The number of fused-ring (bicyclic) bond motifs is 1. The molecule has 0 atom stereocenters. The number of hydrogen-bond donors (Lipinski definition) is 1. The van der Waals surface area contributed by atoms with E-state index in [1.807, 2.05) is 42.6 Å². The van der Waals surface area contributed by atoms with Crippen molar-refractivity contribution in [3.63, 3.8) is 0 Å². The van der Waals surface area contributed by atoms with Crippen molar-refractivity contribution in [1.82, 2.24) is 19.5 Å². The van der Waals surface area contributed by atoms with Crippen molar-refractivity contribution in [2.24, 2.45) is 0 Å². The zero-order valence-corrected chi connectivity index (χ0v) is 28.4. The van der Waals surface area contributed by atoms with Crippen LogP contribution in [0, 0.1) is 0 Å². The smallest absolute Gasteiger partial charge is 0.168 e. The lowest BCUT2D eigenvalue weighted by Crippen LogP contribution is -2.19. The van der Waals surface area contributed by atoms with Crippen LogP contribution in [0.4, 0.5) is 0 Å². The number of imidazole rings is 1. The first-order chi connectivity index (χ1) is 23.0. The number of hydrogen-bond acceptors (Lipinski definition) is 4. The maximum absolute atomic E-state index is 11.9. The standard InChI is InChI=1S/C43H40N4O/c1-42(2,3)34-27-37(43(4,5)6)45-39(40(34)48)41-46-38-33(21-14-22-36(38)47(41)32-19-11-8-12-20-32)30-17-13-18-31(25-30)35-26-29(23-24-44-35)28-15-9-7-10-16-28/h7-27,48H,1-6H3. The molecule has 0 fully saturated rings. The van der Waals surface area contributed by atoms with Gasteiger partial charge in [0.15, 0.2) is 5.82 Å². The molecule has 4 aromatic carbocycles. The number of pyridine rings is 2. The summed E-state index contributed by atoms with van der Waals surface area (Å²) in [4.78, 5) is 15.2. The lowest BCUT2D eigenvalue weighted by molar-refractivity contribution is 0.441. The molecule has 5 nitrogen and oxygen atoms in total. The van der Waals surface area contributed by atoms with Gasteiger partial charge in [-0.15, -0.1) is 0 Å². The highest BCUT2D eigenvalue weighted by Crippen LogP contribution is 2.42. The molecule has 0 aliphatic rings. The third-order valence-corrected chi connectivity index (χ3v) is 8.82. The second-order valence-electron chi connectivity index (χ2n) is 14.4. The van der Waals surface area contributed by atoms with Gasteiger partial charge in [0.1, 0.15) is 11.4 Å². The molecule has 238 valence electrons. The Labute approximate surface area is 282 Å². The average molecular weight is 629 g/mol. The van der Waals surface area contributed by atoms with Crippen LogP contribution >= 0.6 is 0 Å². The molecule has 0 bridgehead atoms. The van der Waals surface area contributed by atoms with Crippen LogP contribution in [0.2, 0.25) is 0 Å². The lowest BCUT2D eigenvalue weighted by atomic mass is 9.82. The zero-order valence-electron chi connectivity index (χ0n) is 28.4. The van der Waals surface area contributed by atoms with E-state index in [9.17, 15) is 5.11 Å². The third-order valence-electron chi connectivity index (χ3n) is 8.82. The van der Waals surface area contributed by atoms with Crippen LogP contribution < -0.4 is 0 Å². The summed E-state index contributed by atoms with van der Waals surface area (Å²) < 4.78 is 2.12. The largest absolute Gasteiger partial charge is 0.505 e. The van der Waals surface area contributed by atoms with Crippen LogP contribution in [0.5, 0.6) is 5.75 Å². The summed E-state index contributed by atoms with van der Waals surface area (Å²) in [6.45, 7) is 12.8. The number of aromatic hydroxyl groups is 1. The predicted molar refractivity (Wildman–Crippen MR) is 197 cm³/mol. The van der Waals surface area contributed by atoms with Gasteiger partial charge in [-0.1, -0.05) is 120 Å². The summed E-state index contributed by atoms with van der Waals surface area (Å²) in [5, 5.41) is 11.9. The second-order valence-corrected chi connectivity index (χ2v) is 14.4. The molecule has 3 aromatic heterocycles. The van der Waals surface area contributed by atoms with Crippen molar-refractivity contribution in [2.75, 3.05) is 0 Å². The Balaban J connectivity index is 1.45. The molecule has 0 saturated carbocycles. The second kappa shape index (κ2) is 11.9. The van der Waals surface area contributed by atoms with E-state index in [1.165, 1.54) is 0 Å². The van der Waals surface area contributed by atoms with Crippen LogP contribution in [0.1, 0.15) is 52.8 Å². The zero-order chi connectivity index (χ0) is 33.6. The summed E-state index contributed by atoms with van der Waals surface area (Å²) in [6.07, 6.45) is 1.87. The van der Waals surface area contributed by atoms with E-state index in [1.54, 1.807) is 0 Å². The van der Waals surface area contributed by atoms with E-state index >= 15 is 0 Å².